The lowest BCUT2D eigenvalue weighted by Gasteiger charge is -2.18. The van der Waals surface area contributed by atoms with Crippen molar-refractivity contribution in [1.29, 1.82) is 0 Å². The molecule has 0 aromatic carbocycles. The lowest BCUT2D eigenvalue weighted by atomic mass is 10.0. The van der Waals surface area contributed by atoms with Crippen LogP contribution in [0, 0.1) is 0 Å². The molecule has 0 aromatic rings. The van der Waals surface area contributed by atoms with Crippen LogP contribution in [0.4, 0.5) is 0 Å². The summed E-state index contributed by atoms with van der Waals surface area (Å²) in [6.45, 7) is 6.58. The van der Waals surface area contributed by atoms with Gasteiger partial charge in [-0.05, 0) is 51.4 Å². The molecule has 0 spiro atoms. The minimum atomic E-state index is -0.762. The van der Waals surface area contributed by atoms with Crippen molar-refractivity contribution in [1.82, 2.24) is 0 Å². The van der Waals surface area contributed by atoms with Gasteiger partial charge in [0.05, 0.1) is 0 Å². The Hall–Kier alpha value is -2.11. The minimum absolute atomic E-state index is 0.0675. The molecule has 0 radical (unpaired) electrons. The molecule has 0 saturated heterocycles. The summed E-state index contributed by atoms with van der Waals surface area (Å²) in [5.41, 5.74) is 0. The number of rotatable bonds is 48. The van der Waals surface area contributed by atoms with E-state index < -0.39 is 6.10 Å². The number of ether oxygens (including phenoxy) is 3. The predicted octanol–water partition coefficient (Wildman–Crippen LogP) is 17.2. The number of unbranched alkanes of at least 4 members (excludes halogenated alkanes) is 33. The van der Waals surface area contributed by atoms with E-state index in [-0.39, 0.29) is 31.1 Å². The lowest BCUT2D eigenvalue weighted by Crippen LogP contribution is -2.30. The van der Waals surface area contributed by atoms with Gasteiger partial charge in [0.1, 0.15) is 13.2 Å². The topological polar surface area (TPSA) is 78.9 Å². The Bertz CT molecular complexity index is 973. The highest BCUT2D eigenvalue weighted by molar-refractivity contribution is 5.71. The monoisotopic (exact) mass is 845 g/mol. The van der Waals surface area contributed by atoms with Gasteiger partial charge in [0, 0.05) is 19.3 Å². The molecule has 0 heterocycles. The summed E-state index contributed by atoms with van der Waals surface area (Å²) in [7, 11) is 0. The zero-order valence-corrected chi connectivity index (χ0v) is 40.2. The molecule has 0 fully saturated rings. The summed E-state index contributed by atoms with van der Waals surface area (Å²) in [6, 6.07) is 0. The molecule has 0 aliphatic heterocycles. The lowest BCUT2D eigenvalue weighted by molar-refractivity contribution is -0.167. The smallest absolute Gasteiger partial charge is 0.306 e. The number of allylic oxidation sites excluding steroid dienone is 4. The van der Waals surface area contributed by atoms with Crippen molar-refractivity contribution in [3.8, 4) is 0 Å². The van der Waals surface area contributed by atoms with Gasteiger partial charge in [-0.15, -0.1) is 0 Å². The molecule has 1 atom stereocenters. The molecule has 0 amide bonds. The van der Waals surface area contributed by atoms with E-state index in [1.54, 1.807) is 0 Å². The molecule has 60 heavy (non-hydrogen) atoms. The first-order valence-electron chi connectivity index (χ1n) is 26.3. The van der Waals surface area contributed by atoms with E-state index in [4.69, 9.17) is 14.2 Å². The van der Waals surface area contributed by atoms with Crippen molar-refractivity contribution in [2.24, 2.45) is 0 Å². The molecule has 0 saturated carbocycles. The molecule has 6 heteroatoms. The third kappa shape index (κ3) is 46.9. The Morgan fingerprint density at radius 3 is 0.917 bits per heavy atom. The molecule has 0 aliphatic carbocycles. The average Bonchev–Trinajstić information content (AvgIpc) is 3.24. The highest BCUT2D eigenvalue weighted by Gasteiger charge is 2.19. The first kappa shape index (κ1) is 57.9. The van der Waals surface area contributed by atoms with Crippen LogP contribution in [0.5, 0.6) is 0 Å². The van der Waals surface area contributed by atoms with Crippen LogP contribution >= 0.6 is 0 Å². The fourth-order valence-electron chi connectivity index (χ4n) is 7.71. The Balaban J connectivity index is 4.04. The van der Waals surface area contributed by atoms with Crippen LogP contribution < -0.4 is 0 Å². The maximum atomic E-state index is 12.7. The average molecular weight is 845 g/mol. The summed E-state index contributed by atoms with van der Waals surface area (Å²) < 4.78 is 16.7. The van der Waals surface area contributed by atoms with Crippen LogP contribution in [0.3, 0.4) is 0 Å². The first-order chi connectivity index (χ1) is 29.5. The van der Waals surface area contributed by atoms with Crippen molar-refractivity contribution < 1.29 is 28.6 Å². The van der Waals surface area contributed by atoms with Gasteiger partial charge in [0.25, 0.3) is 0 Å². The quantitative estimate of drug-likeness (QED) is 0.0263. The van der Waals surface area contributed by atoms with Gasteiger partial charge in [-0.2, -0.15) is 0 Å². The number of hydrogen-bond acceptors (Lipinski definition) is 6. The molecule has 0 aromatic heterocycles. The molecule has 6 nitrogen and oxygen atoms in total. The second-order valence-electron chi connectivity index (χ2n) is 17.8. The fraction of sp³-hybridized carbons (Fsp3) is 0.870. The Morgan fingerprint density at radius 2 is 0.600 bits per heavy atom. The normalized spacial score (nSPS) is 12.1. The van der Waals surface area contributed by atoms with E-state index in [0.29, 0.717) is 19.3 Å². The van der Waals surface area contributed by atoms with Crippen molar-refractivity contribution >= 4 is 17.9 Å². The van der Waals surface area contributed by atoms with E-state index in [1.807, 2.05) is 0 Å². The number of carbonyl (C=O) groups is 3. The number of hydrogen-bond donors (Lipinski definition) is 0. The maximum Gasteiger partial charge on any atom is 0.306 e. The molecule has 0 rings (SSSR count). The van der Waals surface area contributed by atoms with E-state index in [1.165, 1.54) is 180 Å². The Labute approximate surface area is 373 Å². The van der Waals surface area contributed by atoms with Gasteiger partial charge in [-0.1, -0.05) is 238 Å². The summed E-state index contributed by atoms with van der Waals surface area (Å²) in [5.74, 6) is -0.867. The van der Waals surface area contributed by atoms with Crippen LogP contribution in [-0.2, 0) is 28.6 Å². The van der Waals surface area contributed by atoms with Gasteiger partial charge >= 0.3 is 17.9 Å². The highest BCUT2D eigenvalue weighted by atomic mass is 16.6. The standard InChI is InChI=1S/C54H100O6/c1-4-7-10-13-16-18-20-21-22-23-24-25-26-27-28-29-30-31-32-33-35-36-38-41-44-47-53(56)59-50-51(49-58-52(55)46-43-40-15-12-9-6-3)60-54(57)48-45-42-39-37-34-19-17-14-11-8-5-2/h20-21,23-24,51H,4-19,22,25-50H2,1-3H3/b21-20-,24-23-. The molecular formula is C54H100O6. The molecular weight excluding hydrogens is 745 g/mol. The van der Waals surface area contributed by atoms with Crippen molar-refractivity contribution in [3.63, 3.8) is 0 Å². The van der Waals surface area contributed by atoms with Crippen LogP contribution in [0.1, 0.15) is 284 Å². The van der Waals surface area contributed by atoms with Crippen molar-refractivity contribution in [2.45, 2.75) is 290 Å². The van der Waals surface area contributed by atoms with Crippen LogP contribution in [-0.4, -0.2) is 37.2 Å². The fourth-order valence-corrected chi connectivity index (χ4v) is 7.71. The van der Waals surface area contributed by atoms with Gasteiger partial charge in [0.15, 0.2) is 6.10 Å². The molecule has 0 aliphatic rings. The van der Waals surface area contributed by atoms with Gasteiger partial charge in [-0.25, -0.2) is 0 Å². The third-order valence-corrected chi connectivity index (χ3v) is 11.7. The molecule has 0 bridgehead atoms. The Kier molecular flexibility index (Phi) is 47.8. The van der Waals surface area contributed by atoms with Gasteiger partial charge in [0.2, 0.25) is 0 Å². The predicted molar refractivity (Wildman–Crippen MR) is 256 cm³/mol. The van der Waals surface area contributed by atoms with Crippen molar-refractivity contribution in [3.05, 3.63) is 24.3 Å². The number of carbonyl (C=O) groups excluding carboxylic acids is 3. The summed E-state index contributed by atoms with van der Waals surface area (Å²) >= 11 is 0. The highest BCUT2D eigenvalue weighted by Crippen LogP contribution is 2.16. The molecule has 352 valence electrons. The van der Waals surface area contributed by atoms with Crippen molar-refractivity contribution in [2.75, 3.05) is 13.2 Å². The maximum absolute atomic E-state index is 12.7. The van der Waals surface area contributed by atoms with Gasteiger partial charge < -0.3 is 14.2 Å². The summed E-state index contributed by atoms with van der Waals surface area (Å²) in [5, 5.41) is 0. The van der Waals surface area contributed by atoms with E-state index in [2.05, 4.69) is 45.1 Å². The zero-order chi connectivity index (χ0) is 43.7. The molecule has 0 N–H and O–H groups in total. The van der Waals surface area contributed by atoms with Crippen LogP contribution in [0.15, 0.2) is 24.3 Å². The zero-order valence-electron chi connectivity index (χ0n) is 40.2. The second-order valence-corrected chi connectivity index (χ2v) is 17.8. The van der Waals surface area contributed by atoms with Crippen LogP contribution in [0.25, 0.3) is 0 Å². The third-order valence-electron chi connectivity index (χ3n) is 11.7. The van der Waals surface area contributed by atoms with E-state index in [0.717, 1.165) is 64.2 Å². The van der Waals surface area contributed by atoms with Crippen LogP contribution in [0.2, 0.25) is 0 Å². The first-order valence-corrected chi connectivity index (χ1v) is 26.3. The second kappa shape index (κ2) is 49.5. The van der Waals surface area contributed by atoms with Gasteiger partial charge in [-0.3, -0.25) is 14.4 Å². The largest absolute Gasteiger partial charge is 0.462 e. The number of esters is 3. The Morgan fingerprint density at radius 1 is 0.333 bits per heavy atom. The molecule has 1 unspecified atom stereocenters. The van der Waals surface area contributed by atoms with E-state index >= 15 is 0 Å². The summed E-state index contributed by atoms with van der Waals surface area (Å²) in [4.78, 5) is 37.6. The minimum Gasteiger partial charge on any atom is -0.462 e. The SMILES string of the molecule is CCCCCCC/C=C\C/C=C\CCCCCCCCCCCCCCCC(=O)OCC(COC(=O)CCCCCCCC)OC(=O)CCCCCCCCCCCCC. The summed E-state index contributed by atoms with van der Waals surface area (Å²) in [6.07, 6.45) is 56.3. The van der Waals surface area contributed by atoms with E-state index in [9.17, 15) is 14.4 Å².